The number of piperazine rings is 1. The van der Waals surface area contributed by atoms with E-state index >= 15 is 0 Å². The molecule has 2 aromatic heterocycles. The topological polar surface area (TPSA) is 91.3 Å². The van der Waals surface area contributed by atoms with Gasteiger partial charge in [0.05, 0.1) is 6.54 Å². The third-order valence-corrected chi connectivity index (χ3v) is 6.74. The van der Waals surface area contributed by atoms with E-state index in [-0.39, 0.29) is 18.4 Å². The van der Waals surface area contributed by atoms with E-state index in [1.165, 1.54) is 0 Å². The molecule has 2 aromatic rings. The number of nitrogens with zero attached hydrogens (tertiary/aromatic N) is 5. The van der Waals surface area contributed by atoms with Gasteiger partial charge >= 0.3 is 17.6 Å². The number of rotatable bonds is 2. The van der Waals surface area contributed by atoms with Crippen LogP contribution in [0, 0.1) is 0 Å². The molecule has 2 amide bonds. The zero-order valence-corrected chi connectivity index (χ0v) is 18.0. The number of aromatic nitrogens is 3. The number of hydrogen-bond acceptors (Lipinski definition) is 5. The molecular weight excluding hydrogens is 410 g/mol. The van der Waals surface area contributed by atoms with Gasteiger partial charge in [0.15, 0.2) is 11.3 Å². The Hall–Kier alpha value is -2.39. The van der Waals surface area contributed by atoms with Crippen LogP contribution in [0.1, 0.15) is 62.0 Å². The van der Waals surface area contributed by atoms with E-state index in [4.69, 9.17) is 16.3 Å². The van der Waals surface area contributed by atoms with Gasteiger partial charge in [-0.2, -0.15) is 4.57 Å². The Morgan fingerprint density at radius 1 is 1.37 bits per heavy atom. The van der Waals surface area contributed by atoms with E-state index in [9.17, 15) is 14.7 Å². The molecule has 1 saturated carbocycles. The Morgan fingerprint density at radius 3 is 2.73 bits per heavy atom. The monoisotopic (exact) mass is 434 g/mol. The van der Waals surface area contributed by atoms with Gasteiger partial charge in [-0.05, 0) is 18.4 Å². The van der Waals surface area contributed by atoms with Crippen molar-refractivity contribution in [3.63, 3.8) is 0 Å². The van der Waals surface area contributed by atoms with Gasteiger partial charge in [-0.15, -0.1) is 0 Å². The van der Waals surface area contributed by atoms with Crippen molar-refractivity contribution in [1.82, 2.24) is 19.4 Å². The highest BCUT2D eigenvalue weighted by Crippen LogP contribution is 2.36. The van der Waals surface area contributed by atoms with E-state index in [1.54, 1.807) is 20.5 Å². The van der Waals surface area contributed by atoms with E-state index in [0.29, 0.717) is 36.8 Å². The highest BCUT2D eigenvalue weighted by molar-refractivity contribution is 6.29. The molecule has 3 aliphatic rings. The van der Waals surface area contributed by atoms with Crippen LogP contribution in [0.5, 0.6) is 0 Å². The van der Waals surface area contributed by atoms with E-state index in [0.717, 1.165) is 17.6 Å². The number of hydrogen-bond donors (Lipinski definition) is 1. The van der Waals surface area contributed by atoms with Crippen LogP contribution < -0.4 is 4.57 Å². The summed E-state index contributed by atoms with van der Waals surface area (Å²) in [6.45, 7) is 7.06. The summed E-state index contributed by atoms with van der Waals surface area (Å²) in [6.07, 6.45) is 2.92. The summed E-state index contributed by atoms with van der Waals surface area (Å²) in [6, 6.07) is 1.83. The van der Waals surface area contributed by atoms with E-state index < -0.39 is 17.5 Å². The van der Waals surface area contributed by atoms with Crippen LogP contribution in [-0.2, 0) is 10.4 Å². The maximum atomic E-state index is 13.2. The number of ether oxygens (including phenoxy) is 1. The second kappa shape index (κ2) is 6.31. The Bertz CT molecular complexity index is 1080. The third kappa shape index (κ3) is 2.64. The SMILES string of the molecule is CC(C)c1cc(Cl)nn2cc3[n+](c12)C1(C)CN(C(=O)OC2(O)CCC2)CCN1C3=O. The first-order chi connectivity index (χ1) is 14.1. The van der Waals surface area contributed by atoms with Gasteiger partial charge < -0.3 is 9.84 Å². The third-order valence-electron chi connectivity index (χ3n) is 6.55. The molecule has 2 aliphatic heterocycles. The zero-order valence-electron chi connectivity index (χ0n) is 17.3. The molecule has 0 bridgehead atoms. The fourth-order valence-corrected chi connectivity index (χ4v) is 4.98. The summed E-state index contributed by atoms with van der Waals surface area (Å²) >= 11 is 6.21. The molecule has 1 unspecified atom stereocenters. The lowest BCUT2D eigenvalue weighted by Gasteiger charge is -2.43. The lowest BCUT2D eigenvalue weighted by molar-refractivity contribution is -0.749. The first-order valence-corrected chi connectivity index (χ1v) is 10.7. The van der Waals surface area contributed by atoms with Crippen LogP contribution in [0.25, 0.3) is 5.65 Å². The summed E-state index contributed by atoms with van der Waals surface area (Å²) in [5.74, 6) is -1.29. The summed E-state index contributed by atoms with van der Waals surface area (Å²) < 4.78 is 8.98. The fraction of sp³-hybridized carbons (Fsp3) is 0.600. The Balaban J connectivity index is 1.57. The van der Waals surface area contributed by atoms with E-state index in [2.05, 4.69) is 18.9 Å². The quantitative estimate of drug-likeness (QED) is 0.575. The number of carbonyl (C=O) groups excluding carboxylic acids is 2. The highest BCUT2D eigenvalue weighted by Gasteiger charge is 2.57. The van der Waals surface area contributed by atoms with Crippen LogP contribution in [0.2, 0.25) is 5.15 Å². The fourth-order valence-electron chi connectivity index (χ4n) is 4.78. The number of imidazole rings is 1. The molecule has 1 aliphatic carbocycles. The Kier molecular flexibility index (Phi) is 4.11. The van der Waals surface area contributed by atoms with Gasteiger partial charge in [-0.25, -0.2) is 4.79 Å². The predicted octanol–water partition coefficient (Wildman–Crippen LogP) is 1.85. The Morgan fingerprint density at radius 2 is 2.10 bits per heavy atom. The minimum Gasteiger partial charge on any atom is -0.417 e. The van der Waals surface area contributed by atoms with Crippen molar-refractivity contribution < 1.29 is 24.0 Å². The molecule has 1 saturated heterocycles. The highest BCUT2D eigenvalue weighted by atomic mass is 35.5. The number of halogens is 1. The average Bonchev–Trinajstić information content (AvgIpc) is 3.13. The largest absolute Gasteiger partial charge is 0.417 e. The second-order valence-electron chi connectivity index (χ2n) is 8.96. The molecule has 0 aromatic carbocycles. The molecular formula is C20H25ClN5O4+. The van der Waals surface area contributed by atoms with Gasteiger partial charge in [0.1, 0.15) is 0 Å². The molecule has 0 spiro atoms. The molecule has 9 nitrogen and oxygen atoms in total. The molecule has 1 N–H and O–H groups in total. The first-order valence-electron chi connectivity index (χ1n) is 10.3. The van der Waals surface area contributed by atoms with Crippen molar-refractivity contribution in [3.8, 4) is 0 Å². The lowest BCUT2D eigenvalue weighted by atomic mass is 9.92. The molecule has 30 heavy (non-hydrogen) atoms. The maximum absolute atomic E-state index is 13.2. The van der Waals surface area contributed by atoms with Gasteiger partial charge in [0, 0.05) is 38.4 Å². The smallest absolute Gasteiger partial charge is 0.412 e. The van der Waals surface area contributed by atoms with Gasteiger partial charge in [-0.3, -0.25) is 14.6 Å². The van der Waals surface area contributed by atoms with Crippen LogP contribution in [0.4, 0.5) is 4.79 Å². The molecule has 5 rings (SSSR count). The van der Waals surface area contributed by atoms with Crippen molar-refractivity contribution in [2.75, 3.05) is 19.6 Å². The normalized spacial score (nSPS) is 24.8. The van der Waals surface area contributed by atoms with Crippen LogP contribution >= 0.6 is 11.6 Å². The number of amides is 2. The molecule has 0 radical (unpaired) electrons. The summed E-state index contributed by atoms with van der Waals surface area (Å²) in [7, 11) is 0. The number of carbonyl (C=O) groups is 2. The maximum Gasteiger partial charge on any atom is 0.412 e. The average molecular weight is 435 g/mol. The minimum absolute atomic E-state index is 0.0977. The first kappa shape index (κ1) is 19.6. The Labute approximate surface area is 178 Å². The molecule has 4 heterocycles. The van der Waals surface area contributed by atoms with Crippen molar-refractivity contribution in [3.05, 3.63) is 28.7 Å². The van der Waals surface area contributed by atoms with Crippen molar-refractivity contribution >= 4 is 29.2 Å². The lowest BCUT2D eigenvalue weighted by Crippen LogP contribution is -2.69. The van der Waals surface area contributed by atoms with Crippen molar-refractivity contribution in [2.45, 2.75) is 57.4 Å². The predicted molar refractivity (Wildman–Crippen MR) is 106 cm³/mol. The van der Waals surface area contributed by atoms with Gasteiger partial charge in [0.2, 0.25) is 17.1 Å². The van der Waals surface area contributed by atoms with Crippen LogP contribution in [-0.4, -0.2) is 61.9 Å². The number of fused-ring (bicyclic) bond motifs is 5. The molecule has 1 atom stereocenters. The number of aliphatic hydroxyl groups is 1. The van der Waals surface area contributed by atoms with Crippen molar-refractivity contribution in [2.24, 2.45) is 0 Å². The minimum atomic E-state index is -1.35. The van der Waals surface area contributed by atoms with Crippen molar-refractivity contribution in [1.29, 1.82) is 0 Å². The van der Waals surface area contributed by atoms with Crippen LogP contribution in [0.3, 0.4) is 0 Å². The molecule has 10 heteroatoms. The summed E-state index contributed by atoms with van der Waals surface area (Å²) in [5, 5.41) is 14.9. The summed E-state index contributed by atoms with van der Waals surface area (Å²) in [5.41, 5.74) is 1.48. The van der Waals surface area contributed by atoms with Gasteiger partial charge in [-0.1, -0.05) is 35.1 Å². The second-order valence-corrected chi connectivity index (χ2v) is 9.35. The summed E-state index contributed by atoms with van der Waals surface area (Å²) in [4.78, 5) is 29.3. The van der Waals surface area contributed by atoms with Crippen LogP contribution in [0.15, 0.2) is 12.3 Å². The molecule has 2 fully saturated rings. The molecule has 160 valence electrons. The van der Waals surface area contributed by atoms with Gasteiger partial charge in [0.25, 0.3) is 0 Å². The van der Waals surface area contributed by atoms with E-state index in [1.807, 2.05) is 17.6 Å². The zero-order chi connectivity index (χ0) is 21.4. The standard InChI is InChI=1S/C20H25ClN5O4/c1-12(2)13-9-15(21)22-25-10-14-17(27)24-8-7-23(11-19(24,3)26(14)16(13)25)18(28)30-20(29)5-4-6-20/h9-10,12,29H,4-8,11H2,1-3H3/q+1.